The minimum absolute atomic E-state index is 0.00957. The van der Waals surface area contributed by atoms with Crippen LogP contribution in [0, 0.1) is 17.2 Å². The first kappa shape index (κ1) is 25.1. The third kappa shape index (κ3) is 5.86. The molecule has 178 valence electrons. The van der Waals surface area contributed by atoms with E-state index in [1.165, 1.54) is 6.07 Å². The molecule has 2 aromatic rings. The van der Waals surface area contributed by atoms with Crippen LogP contribution in [0.2, 0.25) is 5.02 Å². The monoisotopic (exact) mass is 481 g/mol. The van der Waals surface area contributed by atoms with Crippen molar-refractivity contribution in [3.05, 3.63) is 52.5 Å². The van der Waals surface area contributed by atoms with Gasteiger partial charge in [-0.1, -0.05) is 18.5 Å². The Balaban J connectivity index is 1.56. The van der Waals surface area contributed by atoms with E-state index in [1.807, 2.05) is 39.0 Å². The van der Waals surface area contributed by atoms with Crippen molar-refractivity contribution >= 4 is 46.5 Å². The van der Waals surface area contributed by atoms with Crippen molar-refractivity contribution in [2.45, 2.75) is 40.2 Å². The number of carbonyl (C=O) groups is 3. The predicted molar refractivity (Wildman–Crippen MR) is 133 cm³/mol. The maximum absolute atomic E-state index is 12.6. The fourth-order valence-corrected chi connectivity index (χ4v) is 4.19. The van der Waals surface area contributed by atoms with Gasteiger partial charge in [-0.3, -0.25) is 14.5 Å². The van der Waals surface area contributed by atoms with Gasteiger partial charge in [0.15, 0.2) is 0 Å². The number of rotatable bonds is 8. The zero-order valence-electron chi connectivity index (χ0n) is 19.5. The van der Waals surface area contributed by atoms with E-state index < -0.39 is 0 Å². The molecule has 2 N–H and O–H groups in total. The summed E-state index contributed by atoms with van der Waals surface area (Å²) in [7, 11) is 0. The van der Waals surface area contributed by atoms with Crippen LogP contribution in [0.1, 0.15) is 44.7 Å². The van der Waals surface area contributed by atoms with Gasteiger partial charge in [-0.15, -0.1) is 0 Å². The second-order valence-electron chi connectivity index (χ2n) is 8.30. The Morgan fingerprint density at radius 3 is 2.24 bits per heavy atom. The fourth-order valence-electron chi connectivity index (χ4n) is 3.97. The summed E-state index contributed by atoms with van der Waals surface area (Å²) in [5.41, 5.74) is 3.34. The van der Waals surface area contributed by atoms with Gasteiger partial charge in [-0.2, -0.15) is 5.26 Å². The number of carbonyl (C=O) groups excluding carboxylic acids is 3. The highest BCUT2D eigenvalue weighted by atomic mass is 35.5. The van der Waals surface area contributed by atoms with Crippen molar-refractivity contribution < 1.29 is 14.4 Å². The molecule has 0 bridgehead atoms. The third-order valence-corrected chi connectivity index (χ3v) is 5.97. The van der Waals surface area contributed by atoms with E-state index >= 15 is 0 Å². The summed E-state index contributed by atoms with van der Waals surface area (Å²) in [4.78, 5) is 40.9. The Labute approximate surface area is 204 Å². The van der Waals surface area contributed by atoms with Crippen molar-refractivity contribution in [2.24, 2.45) is 5.92 Å². The number of hydrogen-bond acceptors (Lipinski definition) is 4. The molecule has 0 saturated carbocycles. The van der Waals surface area contributed by atoms with Crippen LogP contribution in [0.25, 0.3) is 0 Å². The Morgan fingerprint density at radius 1 is 1.06 bits per heavy atom. The molecule has 0 aromatic heterocycles. The van der Waals surface area contributed by atoms with Crippen LogP contribution in [-0.4, -0.2) is 35.8 Å². The van der Waals surface area contributed by atoms with E-state index in [2.05, 4.69) is 10.6 Å². The zero-order valence-corrected chi connectivity index (χ0v) is 20.3. The molecule has 1 heterocycles. The van der Waals surface area contributed by atoms with Crippen LogP contribution in [0.4, 0.5) is 21.9 Å². The number of anilines is 3. The molecule has 0 aliphatic carbocycles. The Hall–Kier alpha value is -3.57. The molecule has 34 heavy (non-hydrogen) atoms. The molecule has 3 rings (SSSR count). The van der Waals surface area contributed by atoms with Gasteiger partial charge in [0.25, 0.3) is 0 Å². The summed E-state index contributed by atoms with van der Waals surface area (Å²) in [5.74, 6) is -0.609. The van der Waals surface area contributed by atoms with E-state index in [1.54, 1.807) is 28.0 Å². The zero-order chi connectivity index (χ0) is 24.8. The molecule has 1 unspecified atom stereocenters. The van der Waals surface area contributed by atoms with Gasteiger partial charge >= 0.3 is 6.03 Å². The Morgan fingerprint density at radius 2 is 1.68 bits per heavy atom. The number of fused-ring (bicyclic) bond motifs is 1. The number of hydrogen-bond donors (Lipinski definition) is 2. The molecule has 4 amide bonds. The summed E-state index contributed by atoms with van der Waals surface area (Å²) >= 11 is 6.00. The molecule has 8 nitrogen and oxygen atoms in total. The molecule has 9 heteroatoms. The number of amides is 4. The van der Waals surface area contributed by atoms with Crippen LogP contribution in [0.3, 0.4) is 0 Å². The molecule has 0 radical (unpaired) electrons. The summed E-state index contributed by atoms with van der Waals surface area (Å²) in [5, 5.41) is 14.9. The molecule has 1 aliphatic heterocycles. The molecular formula is C25H28ClN5O3. The standard InChI is InChI=1S/C25H28ClN5O3/c1-4-30-15-18-12-19(8-9-22(18)31(5-2)25(30)34)28-23(32)10-16(3)11-24(33)29-20-7-6-17(14-27)21(26)13-20/h6-9,12-13,16H,4-5,10-11,15H2,1-3H3,(H,28,32)(H,29,33). The first-order valence-electron chi connectivity index (χ1n) is 11.2. The van der Waals surface area contributed by atoms with Gasteiger partial charge in [0.05, 0.1) is 16.3 Å². The first-order valence-corrected chi connectivity index (χ1v) is 11.6. The largest absolute Gasteiger partial charge is 0.326 e. The SMILES string of the molecule is CCN1Cc2cc(NC(=O)CC(C)CC(=O)Nc3ccc(C#N)c(Cl)c3)ccc2N(CC)C1=O. The van der Waals surface area contributed by atoms with Crippen molar-refractivity contribution in [1.82, 2.24) is 4.90 Å². The van der Waals surface area contributed by atoms with E-state index in [4.69, 9.17) is 16.9 Å². The summed E-state index contributed by atoms with van der Waals surface area (Å²) < 4.78 is 0. The molecule has 0 spiro atoms. The van der Waals surface area contributed by atoms with E-state index in [9.17, 15) is 14.4 Å². The average molecular weight is 482 g/mol. The van der Waals surface area contributed by atoms with Crippen molar-refractivity contribution in [2.75, 3.05) is 28.6 Å². The molecule has 0 saturated heterocycles. The third-order valence-electron chi connectivity index (χ3n) is 5.66. The molecule has 1 aliphatic rings. The van der Waals surface area contributed by atoms with Crippen molar-refractivity contribution in [3.63, 3.8) is 0 Å². The number of urea groups is 1. The lowest BCUT2D eigenvalue weighted by Gasteiger charge is -2.36. The highest BCUT2D eigenvalue weighted by molar-refractivity contribution is 6.32. The van der Waals surface area contributed by atoms with E-state index in [-0.39, 0.29) is 41.6 Å². The van der Waals surface area contributed by atoms with Crippen LogP contribution in [0.15, 0.2) is 36.4 Å². The average Bonchev–Trinajstić information content (AvgIpc) is 2.78. The summed E-state index contributed by atoms with van der Waals surface area (Å²) in [6.45, 7) is 7.39. The quantitative estimate of drug-likeness (QED) is 0.554. The van der Waals surface area contributed by atoms with Crippen LogP contribution in [0.5, 0.6) is 0 Å². The van der Waals surface area contributed by atoms with Crippen LogP contribution in [-0.2, 0) is 16.1 Å². The molecule has 1 atom stereocenters. The number of nitrogens with zero attached hydrogens (tertiary/aromatic N) is 3. The van der Waals surface area contributed by atoms with Crippen molar-refractivity contribution in [3.8, 4) is 6.07 Å². The van der Waals surface area contributed by atoms with Gasteiger partial charge in [0, 0.05) is 43.9 Å². The highest BCUT2D eigenvalue weighted by Crippen LogP contribution is 2.31. The second-order valence-corrected chi connectivity index (χ2v) is 8.71. The van der Waals surface area contributed by atoms with Crippen LogP contribution >= 0.6 is 11.6 Å². The maximum atomic E-state index is 12.6. The Kier molecular flexibility index (Phi) is 8.13. The lowest BCUT2D eigenvalue weighted by atomic mass is 10.0. The predicted octanol–water partition coefficient (Wildman–Crippen LogP) is 4.99. The lowest BCUT2D eigenvalue weighted by Crippen LogP contribution is -2.46. The normalized spacial score (nSPS) is 13.7. The smallest absolute Gasteiger partial charge is 0.324 e. The first-order chi connectivity index (χ1) is 16.2. The van der Waals surface area contributed by atoms with E-state index in [0.717, 1.165) is 11.3 Å². The van der Waals surface area contributed by atoms with Crippen LogP contribution < -0.4 is 15.5 Å². The summed E-state index contributed by atoms with van der Waals surface area (Å²) in [6.07, 6.45) is 0.341. The molecular weight excluding hydrogens is 454 g/mol. The highest BCUT2D eigenvalue weighted by Gasteiger charge is 2.28. The van der Waals surface area contributed by atoms with Gasteiger partial charge in [0.2, 0.25) is 11.8 Å². The minimum Gasteiger partial charge on any atom is -0.326 e. The number of benzene rings is 2. The number of halogens is 1. The minimum atomic E-state index is -0.237. The molecule has 0 fully saturated rings. The van der Waals surface area contributed by atoms with Gasteiger partial charge < -0.3 is 15.5 Å². The van der Waals surface area contributed by atoms with Gasteiger partial charge in [0.1, 0.15) is 6.07 Å². The van der Waals surface area contributed by atoms with Gasteiger partial charge in [-0.25, -0.2) is 4.79 Å². The maximum Gasteiger partial charge on any atom is 0.324 e. The topological polar surface area (TPSA) is 106 Å². The fraction of sp³-hybridized carbons (Fsp3) is 0.360. The van der Waals surface area contributed by atoms with Gasteiger partial charge in [-0.05, 0) is 61.7 Å². The lowest BCUT2D eigenvalue weighted by molar-refractivity contribution is -0.118. The number of nitriles is 1. The summed E-state index contributed by atoms with van der Waals surface area (Å²) in [6, 6.07) is 12.2. The molecule has 2 aromatic carbocycles. The van der Waals surface area contributed by atoms with Crippen molar-refractivity contribution in [1.29, 1.82) is 5.26 Å². The number of nitrogens with one attached hydrogen (secondary N) is 2. The Bertz CT molecular complexity index is 1140. The second kappa shape index (κ2) is 11.0. The van der Waals surface area contributed by atoms with E-state index in [0.29, 0.717) is 36.6 Å².